The van der Waals surface area contributed by atoms with Gasteiger partial charge in [-0.05, 0) is 75.2 Å². The molecule has 168 valence electrons. The average molecular weight is 442 g/mol. The molecule has 2 atom stereocenters. The number of nitrogens with one attached hydrogen (secondary N) is 2. The Morgan fingerprint density at radius 3 is 2.45 bits per heavy atom. The Hall–Kier alpha value is -2.31. The topological polar surface area (TPSA) is 45.8 Å². The number of benzene rings is 2. The van der Waals surface area contributed by atoms with Crippen LogP contribution in [-0.2, 0) is 13.0 Å². The van der Waals surface area contributed by atoms with Crippen molar-refractivity contribution in [2.75, 3.05) is 20.8 Å². The summed E-state index contributed by atoms with van der Waals surface area (Å²) in [5, 5.41) is 7.51. The number of rotatable bonds is 7. The molecule has 2 aromatic carbocycles. The van der Waals surface area contributed by atoms with E-state index in [1.54, 1.807) is 14.2 Å². The van der Waals surface area contributed by atoms with E-state index in [1.165, 1.54) is 22.3 Å². The van der Waals surface area contributed by atoms with Gasteiger partial charge in [0.2, 0.25) is 0 Å². The van der Waals surface area contributed by atoms with E-state index in [9.17, 15) is 0 Å². The van der Waals surface area contributed by atoms with Crippen molar-refractivity contribution in [3.63, 3.8) is 0 Å². The molecule has 0 aliphatic carbocycles. The lowest BCUT2D eigenvalue weighted by Gasteiger charge is -2.41. The highest BCUT2D eigenvalue weighted by atomic mass is 32.1. The van der Waals surface area contributed by atoms with Crippen LogP contribution in [0.1, 0.15) is 49.1 Å². The maximum Gasteiger partial charge on any atom is 0.166 e. The number of nitrogens with zero attached hydrogens (tertiary/aromatic N) is 1. The van der Waals surface area contributed by atoms with Crippen LogP contribution in [0.25, 0.3) is 0 Å². The summed E-state index contributed by atoms with van der Waals surface area (Å²) in [6.45, 7) is 10.4. The molecular formula is C25H35N3O2S. The van der Waals surface area contributed by atoms with Crippen LogP contribution < -0.4 is 20.1 Å². The molecule has 0 unspecified atom stereocenters. The second-order valence-electron chi connectivity index (χ2n) is 8.62. The second kappa shape index (κ2) is 10.3. The molecule has 5 nitrogen and oxygen atoms in total. The van der Waals surface area contributed by atoms with Gasteiger partial charge >= 0.3 is 0 Å². The van der Waals surface area contributed by atoms with Crippen molar-refractivity contribution < 1.29 is 9.47 Å². The highest BCUT2D eigenvalue weighted by Crippen LogP contribution is 2.40. The van der Waals surface area contributed by atoms with Gasteiger partial charge in [0.25, 0.3) is 0 Å². The minimum atomic E-state index is 0.112. The normalized spacial score (nSPS) is 17.1. The lowest BCUT2D eigenvalue weighted by molar-refractivity contribution is 0.149. The van der Waals surface area contributed by atoms with Crippen molar-refractivity contribution >= 4 is 17.3 Å². The Kier molecular flexibility index (Phi) is 7.79. The molecule has 0 aromatic heterocycles. The Morgan fingerprint density at radius 1 is 1.10 bits per heavy atom. The monoisotopic (exact) mass is 441 g/mol. The quantitative estimate of drug-likeness (QED) is 0.622. The lowest BCUT2D eigenvalue weighted by atomic mass is 9.87. The molecule has 3 rings (SSSR count). The number of fused-ring (bicyclic) bond motifs is 1. The van der Waals surface area contributed by atoms with Gasteiger partial charge in [0, 0.05) is 25.2 Å². The predicted molar refractivity (Wildman–Crippen MR) is 131 cm³/mol. The van der Waals surface area contributed by atoms with Gasteiger partial charge in [0.05, 0.1) is 20.3 Å². The molecule has 0 radical (unpaired) electrons. The van der Waals surface area contributed by atoms with Gasteiger partial charge < -0.3 is 20.1 Å². The van der Waals surface area contributed by atoms with Crippen LogP contribution in [0.5, 0.6) is 11.5 Å². The highest BCUT2D eigenvalue weighted by molar-refractivity contribution is 7.80. The van der Waals surface area contributed by atoms with Crippen LogP contribution in [0.15, 0.2) is 36.4 Å². The first-order valence-corrected chi connectivity index (χ1v) is 11.3. The van der Waals surface area contributed by atoms with E-state index in [4.69, 9.17) is 21.7 Å². The first-order valence-electron chi connectivity index (χ1n) is 10.9. The number of ether oxygens (including phenoxy) is 2. The van der Waals surface area contributed by atoms with Gasteiger partial charge in [-0.25, -0.2) is 0 Å². The molecule has 1 aliphatic heterocycles. The third-order valence-electron chi connectivity index (χ3n) is 5.75. The lowest BCUT2D eigenvalue weighted by Crippen LogP contribution is -2.50. The maximum absolute atomic E-state index is 5.63. The van der Waals surface area contributed by atoms with E-state index in [0.29, 0.717) is 11.2 Å². The van der Waals surface area contributed by atoms with E-state index in [-0.39, 0.29) is 12.1 Å². The van der Waals surface area contributed by atoms with E-state index >= 15 is 0 Å². The summed E-state index contributed by atoms with van der Waals surface area (Å²) in [7, 11) is 3.38. The zero-order valence-electron chi connectivity index (χ0n) is 19.5. The largest absolute Gasteiger partial charge is 0.493 e. The number of thiocarbonyl (C=S) groups is 1. The van der Waals surface area contributed by atoms with Crippen molar-refractivity contribution in [2.45, 2.75) is 58.8 Å². The van der Waals surface area contributed by atoms with Crippen molar-refractivity contribution in [1.29, 1.82) is 0 Å². The van der Waals surface area contributed by atoms with Gasteiger partial charge in [-0.1, -0.05) is 29.8 Å². The summed E-state index contributed by atoms with van der Waals surface area (Å²) in [6.07, 6.45) is 0.972. The summed E-state index contributed by atoms with van der Waals surface area (Å²) in [5.74, 6) is 1.54. The number of hydrogen-bond donors (Lipinski definition) is 2. The van der Waals surface area contributed by atoms with Crippen LogP contribution in [0.2, 0.25) is 0 Å². The summed E-state index contributed by atoms with van der Waals surface area (Å²) in [5.41, 5.74) is 5.18. The Morgan fingerprint density at radius 2 is 1.81 bits per heavy atom. The summed E-state index contributed by atoms with van der Waals surface area (Å²) >= 11 is 5.56. The Labute approximate surface area is 192 Å². The molecule has 2 aromatic rings. The maximum atomic E-state index is 5.63. The molecule has 1 aliphatic rings. The van der Waals surface area contributed by atoms with Gasteiger partial charge in [-0.2, -0.15) is 0 Å². The fourth-order valence-electron chi connectivity index (χ4n) is 4.43. The van der Waals surface area contributed by atoms with E-state index in [1.807, 2.05) is 0 Å². The number of hydrogen-bond acceptors (Lipinski definition) is 4. The molecule has 0 saturated heterocycles. The average Bonchev–Trinajstić information content (AvgIpc) is 2.71. The van der Waals surface area contributed by atoms with Crippen molar-refractivity contribution in [3.05, 3.63) is 58.7 Å². The van der Waals surface area contributed by atoms with Crippen LogP contribution in [0.4, 0.5) is 0 Å². The predicted octanol–water partition coefficient (Wildman–Crippen LogP) is 4.37. The zero-order valence-corrected chi connectivity index (χ0v) is 20.3. The number of methoxy groups -OCH3 is 2. The smallest absolute Gasteiger partial charge is 0.166 e. The minimum absolute atomic E-state index is 0.112. The SMILES string of the molecule is COc1cc2c(cc1OC)[C@H]([C@@H](C)NC(=S)NC(C)C)N(Cc1cccc(C)c1)CC2. The molecule has 31 heavy (non-hydrogen) atoms. The molecular weight excluding hydrogens is 406 g/mol. The highest BCUT2D eigenvalue weighted by Gasteiger charge is 2.33. The first-order chi connectivity index (χ1) is 14.8. The Balaban J connectivity index is 1.96. The second-order valence-corrected chi connectivity index (χ2v) is 9.03. The van der Waals surface area contributed by atoms with Crippen LogP contribution in [0.3, 0.4) is 0 Å². The fraction of sp³-hybridized carbons (Fsp3) is 0.480. The van der Waals surface area contributed by atoms with Crippen molar-refractivity contribution in [3.8, 4) is 11.5 Å². The van der Waals surface area contributed by atoms with Gasteiger partial charge in [0.1, 0.15) is 0 Å². The molecule has 0 spiro atoms. The summed E-state index contributed by atoms with van der Waals surface area (Å²) < 4.78 is 11.2. The summed E-state index contributed by atoms with van der Waals surface area (Å²) in [6, 6.07) is 13.6. The molecule has 6 heteroatoms. The van der Waals surface area contributed by atoms with E-state index in [2.05, 4.69) is 79.6 Å². The standard InChI is InChI=1S/C25H35N3O2S/c1-16(2)26-25(31)27-18(4)24-21-14-23(30-6)22(29-5)13-20(21)10-11-28(24)15-19-9-7-8-17(3)12-19/h7-9,12-14,16,18,24H,10-11,15H2,1-6H3,(H2,26,27,31)/t18-,24+/m1/s1. The van der Waals surface area contributed by atoms with E-state index < -0.39 is 0 Å². The fourth-order valence-corrected chi connectivity index (χ4v) is 4.85. The summed E-state index contributed by atoms with van der Waals surface area (Å²) in [4.78, 5) is 2.54. The van der Waals surface area contributed by atoms with Crippen molar-refractivity contribution in [1.82, 2.24) is 15.5 Å². The zero-order chi connectivity index (χ0) is 22.5. The third kappa shape index (κ3) is 5.69. The van der Waals surface area contributed by atoms with Gasteiger partial charge in [-0.3, -0.25) is 4.90 Å². The van der Waals surface area contributed by atoms with Crippen LogP contribution in [0, 0.1) is 6.92 Å². The molecule has 0 amide bonds. The van der Waals surface area contributed by atoms with E-state index in [0.717, 1.165) is 31.0 Å². The van der Waals surface area contributed by atoms with Gasteiger partial charge in [0.15, 0.2) is 16.6 Å². The van der Waals surface area contributed by atoms with Gasteiger partial charge in [-0.15, -0.1) is 0 Å². The molecule has 0 bridgehead atoms. The van der Waals surface area contributed by atoms with Crippen LogP contribution in [-0.4, -0.2) is 42.9 Å². The number of aryl methyl sites for hydroxylation is 1. The molecule has 2 N–H and O–H groups in total. The van der Waals surface area contributed by atoms with Crippen molar-refractivity contribution in [2.24, 2.45) is 0 Å². The molecule has 0 saturated carbocycles. The minimum Gasteiger partial charge on any atom is -0.493 e. The molecule has 1 heterocycles. The Bertz CT molecular complexity index is 916. The van der Waals surface area contributed by atoms with Crippen LogP contribution >= 0.6 is 12.2 Å². The third-order valence-corrected chi connectivity index (χ3v) is 5.98. The molecule has 0 fully saturated rings. The first kappa shape index (κ1) is 23.4.